The predicted molar refractivity (Wildman–Crippen MR) is 67.6 cm³/mol. The second-order valence-corrected chi connectivity index (χ2v) is 6.06. The van der Waals surface area contributed by atoms with Gasteiger partial charge >= 0.3 is 0 Å². The van der Waals surface area contributed by atoms with E-state index in [2.05, 4.69) is 10.6 Å². The number of hydrogen-bond donors (Lipinski definition) is 2. The fraction of sp³-hybridized carbons (Fsp3) is 0.929. The van der Waals surface area contributed by atoms with Gasteiger partial charge < -0.3 is 10.6 Å². The van der Waals surface area contributed by atoms with Crippen LogP contribution in [-0.4, -0.2) is 24.5 Å². The summed E-state index contributed by atoms with van der Waals surface area (Å²) in [5.41, 5.74) is 0. The topological polar surface area (TPSA) is 41.1 Å². The molecule has 3 rings (SSSR count). The molecule has 17 heavy (non-hydrogen) atoms. The molecule has 0 aromatic rings. The first-order valence-electron chi connectivity index (χ1n) is 7.38. The van der Waals surface area contributed by atoms with E-state index in [1.165, 1.54) is 38.5 Å². The summed E-state index contributed by atoms with van der Waals surface area (Å²) < 4.78 is 0. The Morgan fingerprint density at radius 1 is 1.06 bits per heavy atom. The van der Waals surface area contributed by atoms with Crippen molar-refractivity contribution >= 4 is 5.91 Å². The quantitative estimate of drug-likeness (QED) is 0.785. The lowest BCUT2D eigenvalue weighted by atomic mass is 9.85. The molecule has 3 aliphatic rings. The maximum atomic E-state index is 12.0. The summed E-state index contributed by atoms with van der Waals surface area (Å²) in [5, 5.41) is 6.51. The van der Waals surface area contributed by atoms with Crippen molar-refractivity contribution in [1.82, 2.24) is 10.6 Å². The van der Waals surface area contributed by atoms with Gasteiger partial charge in [-0.3, -0.25) is 4.79 Å². The van der Waals surface area contributed by atoms with E-state index in [-0.39, 0.29) is 11.9 Å². The fourth-order valence-corrected chi connectivity index (χ4v) is 3.66. The van der Waals surface area contributed by atoms with E-state index in [0.29, 0.717) is 6.04 Å². The highest BCUT2D eigenvalue weighted by Crippen LogP contribution is 2.44. The second-order valence-electron chi connectivity index (χ2n) is 6.06. The highest BCUT2D eigenvalue weighted by molar-refractivity contribution is 5.82. The zero-order valence-corrected chi connectivity index (χ0v) is 10.6. The Balaban J connectivity index is 1.43. The van der Waals surface area contributed by atoms with Crippen LogP contribution in [0.1, 0.15) is 51.4 Å². The Morgan fingerprint density at radius 2 is 1.88 bits per heavy atom. The summed E-state index contributed by atoms with van der Waals surface area (Å²) in [6.07, 6.45) is 10.5. The molecule has 3 unspecified atom stereocenters. The average molecular weight is 236 g/mol. The number of rotatable bonds is 3. The maximum absolute atomic E-state index is 12.0. The minimum atomic E-state index is 0.0996. The van der Waals surface area contributed by atoms with Crippen LogP contribution in [0.4, 0.5) is 0 Å². The van der Waals surface area contributed by atoms with E-state index >= 15 is 0 Å². The molecular weight excluding hydrogens is 212 g/mol. The van der Waals surface area contributed by atoms with Gasteiger partial charge in [0.05, 0.1) is 6.04 Å². The van der Waals surface area contributed by atoms with Gasteiger partial charge in [-0.25, -0.2) is 0 Å². The Hall–Kier alpha value is -0.570. The van der Waals surface area contributed by atoms with Crippen LogP contribution >= 0.6 is 0 Å². The highest BCUT2D eigenvalue weighted by atomic mass is 16.2. The van der Waals surface area contributed by atoms with Crippen LogP contribution in [0.5, 0.6) is 0 Å². The highest BCUT2D eigenvalue weighted by Gasteiger charge is 2.44. The molecular formula is C14H24N2O. The molecule has 2 saturated carbocycles. The van der Waals surface area contributed by atoms with Crippen molar-refractivity contribution in [3.05, 3.63) is 0 Å². The predicted octanol–water partition coefficient (Wildman–Crippen LogP) is 1.82. The summed E-state index contributed by atoms with van der Waals surface area (Å²) in [6, 6.07) is 0.607. The van der Waals surface area contributed by atoms with E-state index in [0.717, 1.165) is 31.2 Å². The third-order valence-electron chi connectivity index (χ3n) is 4.80. The van der Waals surface area contributed by atoms with Crippen LogP contribution in [0.3, 0.4) is 0 Å². The Morgan fingerprint density at radius 3 is 2.59 bits per heavy atom. The van der Waals surface area contributed by atoms with Crippen LogP contribution < -0.4 is 10.6 Å². The summed E-state index contributed by atoms with van der Waals surface area (Å²) in [7, 11) is 0. The zero-order valence-electron chi connectivity index (χ0n) is 10.6. The van der Waals surface area contributed by atoms with Gasteiger partial charge in [0.2, 0.25) is 5.91 Å². The van der Waals surface area contributed by atoms with Crippen LogP contribution in [0.15, 0.2) is 0 Å². The third kappa shape index (κ3) is 2.65. The Labute approximate surface area is 104 Å². The average Bonchev–Trinajstić information content (AvgIpc) is 2.92. The summed E-state index contributed by atoms with van der Waals surface area (Å²) >= 11 is 0. The van der Waals surface area contributed by atoms with E-state index in [9.17, 15) is 4.79 Å². The molecule has 2 N–H and O–H groups in total. The van der Waals surface area contributed by atoms with E-state index in [1.807, 2.05) is 0 Å². The van der Waals surface area contributed by atoms with E-state index in [1.54, 1.807) is 0 Å². The van der Waals surface area contributed by atoms with Crippen LogP contribution in [-0.2, 0) is 4.79 Å². The lowest BCUT2D eigenvalue weighted by Crippen LogP contribution is -2.42. The first-order valence-corrected chi connectivity index (χ1v) is 7.38. The molecule has 1 aliphatic heterocycles. The monoisotopic (exact) mass is 236 g/mol. The molecule has 0 aromatic carbocycles. The largest absolute Gasteiger partial charge is 0.352 e. The van der Waals surface area contributed by atoms with Gasteiger partial charge in [0.25, 0.3) is 0 Å². The summed E-state index contributed by atoms with van der Waals surface area (Å²) in [4.78, 5) is 12.0. The lowest BCUT2D eigenvalue weighted by molar-refractivity contribution is -0.123. The standard InChI is InChI=1S/C14H24N2O/c17-14(12-7-4-8-15-12)16-13-9-11(13)10-5-2-1-3-6-10/h10-13,15H,1-9H2,(H,16,17). The molecule has 3 atom stereocenters. The number of amides is 1. The lowest BCUT2D eigenvalue weighted by Gasteiger charge is -2.22. The summed E-state index contributed by atoms with van der Waals surface area (Å²) in [5.74, 6) is 1.97. The van der Waals surface area contributed by atoms with Gasteiger partial charge in [-0.15, -0.1) is 0 Å². The van der Waals surface area contributed by atoms with Gasteiger partial charge in [0.1, 0.15) is 0 Å². The first kappa shape index (κ1) is 11.5. The molecule has 1 heterocycles. The summed E-state index contributed by atoms with van der Waals surface area (Å²) in [6.45, 7) is 1.01. The minimum absolute atomic E-state index is 0.0996. The smallest absolute Gasteiger partial charge is 0.237 e. The molecule has 3 nitrogen and oxygen atoms in total. The number of carbonyl (C=O) groups excluding carboxylic acids is 1. The number of carbonyl (C=O) groups is 1. The van der Waals surface area contributed by atoms with Gasteiger partial charge in [0, 0.05) is 6.04 Å². The number of nitrogens with one attached hydrogen (secondary N) is 2. The SMILES string of the molecule is O=C(NC1CC1C1CCCCC1)C1CCCN1. The van der Waals surface area contributed by atoms with Gasteiger partial charge in [0.15, 0.2) is 0 Å². The van der Waals surface area contributed by atoms with Crippen LogP contribution in [0.25, 0.3) is 0 Å². The first-order chi connectivity index (χ1) is 8.34. The zero-order chi connectivity index (χ0) is 11.7. The normalized spacial score (nSPS) is 38.0. The molecule has 0 aromatic heterocycles. The van der Waals surface area contributed by atoms with E-state index < -0.39 is 0 Å². The van der Waals surface area contributed by atoms with Crippen molar-refractivity contribution in [3.63, 3.8) is 0 Å². The second kappa shape index (κ2) is 4.97. The van der Waals surface area contributed by atoms with Crippen molar-refractivity contribution in [2.24, 2.45) is 11.8 Å². The molecule has 1 amide bonds. The molecule has 0 bridgehead atoms. The minimum Gasteiger partial charge on any atom is -0.352 e. The van der Waals surface area contributed by atoms with Crippen molar-refractivity contribution < 1.29 is 4.79 Å². The Kier molecular flexibility index (Phi) is 3.37. The van der Waals surface area contributed by atoms with Crippen LogP contribution in [0.2, 0.25) is 0 Å². The molecule has 96 valence electrons. The van der Waals surface area contributed by atoms with Crippen molar-refractivity contribution in [3.8, 4) is 0 Å². The van der Waals surface area contributed by atoms with Gasteiger partial charge in [-0.1, -0.05) is 32.1 Å². The number of hydrogen-bond acceptors (Lipinski definition) is 2. The molecule has 2 aliphatic carbocycles. The van der Waals surface area contributed by atoms with Crippen molar-refractivity contribution in [1.29, 1.82) is 0 Å². The molecule has 3 fully saturated rings. The molecule has 0 radical (unpaired) electrons. The fourth-order valence-electron chi connectivity index (χ4n) is 3.66. The molecule has 3 heteroatoms. The third-order valence-corrected chi connectivity index (χ3v) is 4.80. The Bertz CT molecular complexity index is 280. The van der Waals surface area contributed by atoms with Crippen LogP contribution in [0, 0.1) is 11.8 Å². The van der Waals surface area contributed by atoms with Crippen molar-refractivity contribution in [2.45, 2.75) is 63.5 Å². The maximum Gasteiger partial charge on any atom is 0.237 e. The van der Waals surface area contributed by atoms with E-state index in [4.69, 9.17) is 0 Å². The van der Waals surface area contributed by atoms with Crippen molar-refractivity contribution in [2.75, 3.05) is 6.54 Å². The molecule has 0 spiro atoms. The van der Waals surface area contributed by atoms with Gasteiger partial charge in [-0.2, -0.15) is 0 Å². The molecule has 1 saturated heterocycles. The van der Waals surface area contributed by atoms with Gasteiger partial charge in [-0.05, 0) is 37.6 Å².